The molecule has 0 aliphatic rings. The van der Waals surface area contributed by atoms with E-state index in [9.17, 15) is 4.79 Å². The minimum atomic E-state index is -0.0973. The van der Waals surface area contributed by atoms with Crippen molar-refractivity contribution in [3.8, 4) is 0 Å². The van der Waals surface area contributed by atoms with Gasteiger partial charge in [-0.2, -0.15) is 0 Å². The molecule has 88 valence electrons. The largest absolute Gasteiger partial charge is 0.399 e. The molecule has 0 radical (unpaired) electrons. The molecule has 5 heteroatoms. The molecule has 0 aliphatic carbocycles. The van der Waals surface area contributed by atoms with Crippen molar-refractivity contribution in [1.29, 1.82) is 0 Å². The number of thiophene rings is 1. The molecular formula is C12H11ClN2OS. The number of hydrogen-bond acceptors (Lipinski definition) is 3. The molecule has 1 aromatic carbocycles. The number of halogens is 1. The summed E-state index contributed by atoms with van der Waals surface area (Å²) < 4.78 is 0. The Hall–Kier alpha value is -1.52. The number of hydrogen-bond donors (Lipinski definition) is 2. The summed E-state index contributed by atoms with van der Waals surface area (Å²) in [6.45, 7) is 0. The van der Waals surface area contributed by atoms with Crippen LogP contribution in [-0.2, 0) is 11.2 Å². The summed E-state index contributed by atoms with van der Waals surface area (Å²) in [5.74, 6) is -0.0973. The maximum absolute atomic E-state index is 11.7. The molecule has 0 spiro atoms. The van der Waals surface area contributed by atoms with Gasteiger partial charge >= 0.3 is 0 Å². The molecule has 0 fully saturated rings. The molecule has 3 N–H and O–H groups in total. The number of nitrogens with one attached hydrogen (secondary N) is 1. The summed E-state index contributed by atoms with van der Waals surface area (Å²) in [6.07, 6.45) is 0.350. The number of nitrogens with two attached hydrogens (primary N) is 1. The standard InChI is InChI=1S/C12H11ClN2OS/c13-10-4-3-8(14)6-11(10)15-12(16)7-9-2-1-5-17-9/h1-6H,7,14H2,(H,15,16). The molecular weight excluding hydrogens is 256 g/mol. The third kappa shape index (κ3) is 3.22. The van der Waals surface area contributed by atoms with Gasteiger partial charge in [0, 0.05) is 10.6 Å². The van der Waals surface area contributed by atoms with Gasteiger partial charge in [-0.05, 0) is 29.6 Å². The maximum atomic E-state index is 11.7. The number of anilines is 2. The first kappa shape index (κ1) is 12.0. The van der Waals surface area contributed by atoms with E-state index in [1.54, 1.807) is 29.5 Å². The SMILES string of the molecule is Nc1ccc(Cl)c(NC(=O)Cc2cccs2)c1. The van der Waals surface area contributed by atoms with Crippen molar-refractivity contribution in [3.63, 3.8) is 0 Å². The highest BCUT2D eigenvalue weighted by molar-refractivity contribution is 7.10. The predicted octanol–water partition coefficient (Wildman–Crippen LogP) is 3.16. The summed E-state index contributed by atoms with van der Waals surface area (Å²) in [6, 6.07) is 8.84. The molecule has 0 saturated heterocycles. The van der Waals surface area contributed by atoms with Gasteiger partial charge in [0.15, 0.2) is 0 Å². The molecule has 3 nitrogen and oxygen atoms in total. The average molecular weight is 267 g/mol. The third-order valence-corrected chi connectivity index (χ3v) is 3.39. The van der Waals surface area contributed by atoms with Gasteiger partial charge in [-0.15, -0.1) is 11.3 Å². The van der Waals surface area contributed by atoms with Crippen molar-refractivity contribution >= 4 is 40.2 Å². The van der Waals surface area contributed by atoms with Crippen LogP contribution in [-0.4, -0.2) is 5.91 Å². The molecule has 1 amide bonds. The number of amides is 1. The Kier molecular flexibility index (Phi) is 3.66. The molecule has 0 aliphatic heterocycles. The summed E-state index contributed by atoms with van der Waals surface area (Å²) >= 11 is 7.51. The summed E-state index contributed by atoms with van der Waals surface area (Å²) in [4.78, 5) is 12.8. The first-order valence-electron chi connectivity index (χ1n) is 5.02. The highest BCUT2D eigenvalue weighted by Gasteiger charge is 2.07. The lowest BCUT2D eigenvalue weighted by atomic mass is 10.2. The third-order valence-electron chi connectivity index (χ3n) is 2.18. The van der Waals surface area contributed by atoms with Gasteiger partial charge in [0.1, 0.15) is 0 Å². The van der Waals surface area contributed by atoms with Crippen LogP contribution in [0.2, 0.25) is 5.02 Å². The van der Waals surface area contributed by atoms with E-state index >= 15 is 0 Å². The van der Waals surface area contributed by atoms with Crippen LogP contribution in [0.3, 0.4) is 0 Å². The average Bonchev–Trinajstić information content (AvgIpc) is 2.76. The summed E-state index contributed by atoms with van der Waals surface area (Å²) in [5, 5.41) is 5.17. The smallest absolute Gasteiger partial charge is 0.229 e. The second-order valence-electron chi connectivity index (χ2n) is 3.54. The van der Waals surface area contributed by atoms with Gasteiger partial charge in [-0.3, -0.25) is 4.79 Å². The molecule has 0 saturated carbocycles. The van der Waals surface area contributed by atoms with E-state index < -0.39 is 0 Å². The molecule has 2 rings (SSSR count). The van der Waals surface area contributed by atoms with Gasteiger partial charge in [0.25, 0.3) is 0 Å². The number of carbonyl (C=O) groups excluding carboxylic acids is 1. The van der Waals surface area contributed by atoms with Crippen LogP contribution in [0.1, 0.15) is 4.88 Å². The molecule has 0 atom stereocenters. The zero-order valence-corrected chi connectivity index (χ0v) is 10.5. The highest BCUT2D eigenvalue weighted by atomic mass is 35.5. The van der Waals surface area contributed by atoms with Crippen LogP contribution in [0.5, 0.6) is 0 Å². The zero-order chi connectivity index (χ0) is 12.3. The van der Waals surface area contributed by atoms with Gasteiger partial charge < -0.3 is 11.1 Å². The first-order valence-corrected chi connectivity index (χ1v) is 6.28. The monoisotopic (exact) mass is 266 g/mol. The molecule has 1 aromatic heterocycles. The number of benzene rings is 1. The normalized spacial score (nSPS) is 10.2. The topological polar surface area (TPSA) is 55.1 Å². The van der Waals surface area contributed by atoms with Crippen molar-refractivity contribution in [1.82, 2.24) is 0 Å². The fourth-order valence-electron chi connectivity index (χ4n) is 1.40. The fourth-order valence-corrected chi connectivity index (χ4v) is 2.27. The molecule has 0 unspecified atom stereocenters. The van der Waals surface area contributed by atoms with E-state index in [1.165, 1.54) is 0 Å². The number of nitrogen functional groups attached to an aromatic ring is 1. The van der Waals surface area contributed by atoms with Crippen LogP contribution >= 0.6 is 22.9 Å². The lowest BCUT2D eigenvalue weighted by molar-refractivity contribution is -0.115. The second kappa shape index (κ2) is 5.21. The number of rotatable bonds is 3. The Labute approximate surface area is 108 Å². The highest BCUT2D eigenvalue weighted by Crippen LogP contribution is 2.24. The van der Waals surface area contributed by atoms with Crippen LogP contribution in [0.4, 0.5) is 11.4 Å². The fraction of sp³-hybridized carbons (Fsp3) is 0.0833. The van der Waals surface area contributed by atoms with Crippen molar-refractivity contribution in [2.24, 2.45) is 0 Å². The zero-order valence-electron chi connectivity index (χ0n) is 8.94. The predicted molar refractivity (Wildman–Crippen MR) is 72.5 cm³/mol. The van der Waals surface area contributed by atoms with Crippen LogP contribution in [0.15, 0.2) is 35.7 Å². The van der Waals surface area contributed by atoms with Crippen molar-refractivity contribution in [2.45, 2.75) is 6.42 Å². The Morgan fingerprint density at radius 1 is 1.41 bits per heavy atom. The van der Waals surface area contributed by atoms with Crippen LogP contribution < -0.4 is 11.1 Å². The minimum absolute atomic E-state index is 0.0973. The Morgan fingerprint density at radius 2 is 2.24 bits per heavy atom. The van der Waals surface area contributed by atoms with Crippen LogP contribution in [0, 0.1) is 0 Å². The first-order chi connectivity index (χ1) is 8.15. The lowest BCUT2D eigenvalue weighted by Crippen LogP contribution is -2.14. The van der Waals surface area contributed by atoms with Gasteiger partial charge in [-0.25, -0.2) is 0 Å². The molecule has 0 bridgehead atoms. The maximum Gasteiger partial charge on any atom is 0.229 e. The van der Waals surface area contributed by atoms with Gasteiger partial charge in [-0.1, -0.05) is 17.7 Å². The van der Waals surface area contributed by atoms with Gasteiger partial charge in [0.05, 0.1) is 17.1 Å². The second-order valence-corrected chi connectivity index (χ2v) is 4.98. The van der Waals surface area contributed by atoms with E-state index in [0.29, 0.717) is 22.8 Å². The number of carbonyl (C=O) groups is 1. The van der Waals surface area contributed by atoms with E-state index in [0.717, 1.165) is 4.88 Å². The summed E-state index contributed by atoms with van der Waals surface area (Å²) in [7, 11) is 0. The van der Waals surface area contributed by atoms with E-state index in [-0.39, 0.29) is 5.91 Å². The Morgan fingerprint density at radius 3 is 2.94 bits per heavy atom. The Balaban J connectivity index is 2.05. The van der Waals surface area contributed by atoms with Crippen molar-refractivity contribution in [2.75, 3.05) is 11.1 Å². The van der Waals surface area contributed by atoms with E-state index in [4.69, 9.17) is 17.3 Å². The van der Waals surface area contributed by atoms with Crippen molar-refractivity contribution in [3.05, 3.63) is 45.6 Å². The lowest BCUT2D eigenvalue weighted by Gasteiger charge is -2.07. The van der Waals surface area contributed by atoms with E-state index in [1.807, 2.05) is 17.5 Å². The van der Waals surface area contributed by atoms with Crippen LogP contribution in [0.25, 0.3) is 0 Å². The minimum Gasteiger partial charge on any atom is -0.399 e. The van der Waals surface area contributed by atoms with E-state index in [2.05, 4.69) is 5.32 Å². The summed E-state index contributed by atoms with van der Waals surface area (Å²) in [5.41, 5.74) is 6.75. The molecule has 1 heterocycles. The Bertz CT molecular complexity index is 525. The van der Waals surface area contributed by atoms with Gasteiger partial charge in [0.2, 0.25) is 5.91 Å². The van der Waals surface area contributed by atoms with Crippen molar-refractivity contribution < 1.29 is 4.79 Å². The molecule has 17 heavy (non-hydrogen) atoms. The quantitative estimate of drug-likeness (QED) is 0.839. The molecule has 2 aromatic rings.